The molecule has 0 saturated heterocycles. The number of hydrogen-bond acceptors (Lipinski definition) is 3. The van der Waals surface area contributed by atoms with E-state index >= 15 is 0 Å². The second kappa shape index (κ2) is 5.02. The zero-order valence-corrected chi connectivity index (χ0v) is 11.0. The lowest BCUT2D eigenvalue weighted by molar-refractivity contribution is -0.107. The number of halogens is 1. The second-order valence-corrected chi connectivity index (χ2v) is 6.52. The molecule has 0 saturated carbocycles. The molecule has 0 N–H and O–H groups in total. The van der Waals surface area contributed by atoms with Crippen molar-refractivity contribution in [3.8, 4) is 0 Å². The van der Waals surface area contributed by atoms with Crippen LogP contribution in [0.5, 0.6) is 0 Å². The average Bonchev–Trinajstić information content (AvgIpc) is 2.15. The maximum Gasteiger partial charge on any atom is 0.260 e. The highest BCUT2D eigenvalue weighted by Gasteiger charge is 2.24. The SMILES string of the molecule is CC(C)(C)SC(=O)C(=O)c1ccccc1Cl. The van der Waals surface area contributed by atoms with E-state index in [1.54, 1.807) is 24.3 Å². The fraction of sp³-hybridized carbons (Fsp3) is 0.333. The molecule has 0 aliphatic carbocycles. The number of ketones is 1. The van der Waals surface area contributed by atoms with Gasteiger partial charge in [0.15, 0.2) is 0 Å². The highest BCUT2D eigenvalue weighted by Crippen LogP contribution is 2.26. The quantitative estimate of drug-likeness (QED) is 0.599. The fourth-order valence-corrected chi connectivity index (χ4v) is 2.06. The zero-order valence-electron chi connectivity index (χ0n) is 9.41. The lowest BCUT2D eigenvalue weighted by atomic mass is 10.1. The zero-order chi connectivity index (χ0) is 12.3. The Morgan fingerprint density at radius 1 is 1.19 bits per heavy atom. The summed E-state index contributed by atoms with van der Waals surface area (Å²) in [5.74, 6) is -0.537. The van der Waals surface area contributed by atoms with Crippen LogP contribution in [0.1, 0.15) is 31.1 Å². The highest BCUT2D eigenvalue weighted by atomic mass is 35.5. The molecule has 0 amide bonds. The van der Waals surface area contributed by atoms with Crippen molar-refractivity contribution in [1.29, 1.82) is 0 Å². The Balaban J connectivity index is 2.88. The minimum Gasteiger partial charge on any atom is -0.284 e. The van der Waals surface area contributed by atoms with Crippen LogP contribution in [0.2, 0.25) is 5.02 Å². The average molecular weight is 257 g/mol. The molecule has 0 aliphatic rings. The van der Waals surface area contributed by atoms with Gasteiger partial charge < -0.3 is 0 Å². The monoisotopic (exact) mass is 256 g/mol. The van der Waals surface area contributed by atoms with Gasteiger partial charge in [0.25, 0.3) is 5.12 Å². The molecular formula is C12H13ClO2S. The van der Waals surface area contributed by atoms with Crippen LogP contribution in [0.15, 0.2) is 24.3 Å². The van der Waals surface area contributed by atoms with Gasteiger partial charge in [-0.25, -0.2) is 0 Å². The largest absolute Gasteiger partial charge is 0.284 e. The van der Waals surface area contributed by atoms with Crippen LogP contribution in [0.3, 0.4) is 0 Å². The molecule has 1 aromatic carbocycles. The van der Waals surface area contributed by atoms with Gasteiger partial charge in [-0.05, 0) is 12.1 Å². The summed E-state index contributed by atoms with van der Waals surface area (Å²) in [6, 6.07) is 6.57. The number of thioether (sulfide) groups is 1. The van der Waals surface area contributed by atoms with E-state index in [0.29, 0.717) is 5.02 Å². The van der Waals surface area contributed by atoms with E-state index in [1.165, 1.54) is 0 Å². The summed E-state index contributed by atoms with van der Waals surface area (Å²) >= 11 is 6.87. The molecule has 0 heterocycles. The van der Waals surface area contributed by atoms with Crippen LogP contribution in [0, 0.1) is 0 Å². The molecule has 0 spiro atoms. The van der Waals surface area contributed by atoms with E-state index < -0.39 is 10.9 Å². The highest BCUT2D eigenvalue weighted by molar-refractivity contribution is 8.16. The van der Waals surface area contributed by atoms with E-state index in [2.05, 4.69) is 0 Å². The predicted molar refractivity (Wildman–Crippen MR) is 68.1 cm³/mol. The van der Waals surface area contributed by atoms with Crippen LogP contribution in [-0.4, -0.2) is 15.6 Å². The minimum atomic E-state index is -0.537. The van der Waals surface area contributed by atoms with Gasteiger partial charge in [0, 0.05) is 10.3 Å². The van der Waals surface area contributed by atoms with Crippen molar-refractivity contribution in [2.75, 3.05) is 0 Å². The molecule has 1 aromatic rings. The summed E-state index contributed by atoms with van der Waals surface area (Å²) in [4.78, 5) is 23.5. The van der Waals surface area contributed by atoms with Gasteiger partial charge in [-0.3, -0.25) is 9.59 Å². The third-order valence-corrected chi connectivity index (χ3v) is 3.02. The summed E-state index contributed by atoms with van der Waals surface area (Å²) in [6.07, 6.45) is 0. The minimum absolute atomic E-state index is 0.269. The van der Waals surface area contributed by atoms with E-state index in [0.717, 1.165) is 11.8 Å². The van der Waals surface area contributed by atoms with Crippen molar-refractivity contribution < 1.29 is 9.59 Å². The Morgan fingerprint density at radius 3 is 2.25 bits per heavy atom. The molecule has 0 bridgehead atoms. The van der Waals surface area contributed by atoms with Gasteiger partial charge in [0.05, 0.1) is 5.02 Å². The molecule has 0 radical (unpaired) electrons. The van der Waals surface area contributed by atoms with Crippen molar-refractivity contribution in [3.05, 3.63) is 34.9 Å². The topological polar surface area (TPSA) is 34.1 Å². The first kappa shape index (κ1) is 13.3. The molecule has 1 rings (SSSR count). The van der Waals surface area contributed by atoms with E-state index in [4.69, 9.17) is 11.6 Å². The first-order valence-electron chi connectivity index (χ1n) is 4.83. The number of hydrogen-bond donors (Lipinski definition) is 0. The summed E-state index contributed by atoms with van der Waals surface area (Å²) in [6.45, 7) is 5.65. The Morgan fingerprint density at radius 2 is 1.75 bits per heavy atom. The van der Waals surface area contributed by atoms with E-state index in [-0.39, 0.29) is 10.3 Å². The lowest BCUT2D eigenvalue weighted by Crippen LogP contribution is -2.18. The Kier molecular flexibility index (Phi) is 4.16. The maximum absolute atomic E-state index is 11.8. The predicted octanol–water partition coefficient (Wildman–Crippen LogP) is 3.58. The van der Waals surface area contributed by atoms with Gasteiger partial charge in [-0.2, -0.15) is 0 Å². The van der Waals surface area contributed by atoms with Crippen LogP contribution in [-0.2, 0) is 4.79 Å². The molecule has 0 aromatic heterocycles. The standard InChI is InChI=1S/C12H13ClO2S/c1-12(2,3)16-11(15)10(14)8-6-4-5-7-9(8)13/h4-7H,1-3H3. The van der Waals surface area contributed by atoms with Gasteiger partial charge in [-0.15, -0.1) is 0 Å². The van der Waals surface area contributed by atoms with Crippen molar-refractivity contribution >= 4 is 34.3 Å². The summed E-state index contributed by atoms with van der Waals surface area (Å²) in [5, 5.41) is -0.157. The van der Waals surface area contributed by atoms with E-state index in [1.807, 2.05) is 20.8 Å². The number of Topliss-reactive ketones (excluding diaryl/α,β-unsaturated/α-hetero) is 1. The second-order valence-electron chi connectivity index (χ2n) is 4.31. The molecule has 0 unspecified atom stereocenters. The normalized spacial score (nSPS) is 11.2. The summed E-state index contributed by atoms with van der Waals surface area (Å²) in [7, 11) is 0. The number of benzene rings is 1. The Labute approximate surface area is 104 Å². The molecule has 0 fully saturated rings. The molecule has 86 valence electrons. The number of carbonyl (C=O) groups excluding carboxylic acids is 2. The molecule has 0 aliphatic heterocycles. The molecule has 4 heteroatoms. The Hall–Kier alpha value is -0.800. The van der Waals surface area contributed by atoms with Crippen molar-refractivity contribution in [1.82, 2.24) is 0 Å². The Bertz CT molecular complexity index is 421. The smallest absolute Gasteiger partial charge is 0.260 e. The number of carbonyl (C=O) groups is 2. The van der Waals surface area contributed by atoms with Gasteiger partial charge >= 0.3 is 0 Å². The first-order valence-corrected chi connectivity index (χ1v) is 6.03. The molecule has 0 atom stereocenters. The fourth-order valence-electron chi connectivity index (χ4n) is 1.08. The molecule has 16 heavy (non-hydrogen) atoms. The number of rotatable bonds is 2. The third kappa shape index (κ3) is 3.65. The first-order chi connectivity index (χ1) is 7.31. The van der Waals surface area contributed by atoms with Gasteiger partial charge in [-0.1, -0.05) is 56.3 Å². The van der Waals surface area contributed by atoms with Crippen LogP contribution in [0.25, 0.3) is 0 Å². The van der Waals surface area contributed by atoms with Crippen LogP contribution >= 0.6 is 23.4 Å². The van der Waals surface area contributed by atoms with Crippen molar-refractivity contribution in [2.45, 2.75) is 25.5 Å². The van der Waals surface area contributed by atoms with Gasteiger partial charge in [0.2, 0.25) is 5.78 Å². The third-order valence-electron chi connectivity index (χ3n) is 1.70. The molecular weight excluding hydrogens is 244 g/mol. The lowest BCUT2D eigenvalue weighted by Gasteiger charge is -2.15. The summed E-state index contributed by atoms with van der Waals surface area (Å²) < 4.78 is -0.270. The summed E-state index contributed by atoms with van der Waals surface area (Å²) in [5.41, 5.74) is 0.269. The van der Waals surface area contributed by atoms with E-state index in [9.17, 15) is 9.59 Å². The van der Waals surface area contributed by atoms with Crippen LogP contribution in [0.4, 0.5) is 0 Å². The van der Waals surface area contributed by atoms with Crippen molar-refractivity contribution in [3.63, 3.8) is 0 Å². The van der Waals surface area contributed by atoms with Crippen LogP contribution < -0.4 is 0 Å². The van der Waals surface area contributed by atoms with Crippen molar-refractivity contribution in [2.24, 2.45) is 0 Å². The van der Waals surface area contributed by atoms with Gasteiger partial charge in [0.1, 0.15) is 0 Å². The molecule has 2 nitrogen and oxygen atoms in total. The maximum atomic E-state index is 11.8.